The maximum Gasteiger partial charge on any atom is 0.246 e. The van der Waals surface area contributed by atoms with Gasteiger partial charge in [-0.1, -0.05) is 48.5 Å². The van der Waals surface area contributed by atoms with E-state index in [0.717, 1.165) is 16.8 Å². The van der Waals surface area contributed by atoms with Crippen LogP contribution >= 0.6 is 23.4 Å². The summed E-state index contributed by atoms with van der Waals surface area (Å²) in [7, 11) is 1.60. The number of ether oxygens (including phenoxy) is 1. The van der Waals surface area contributed by atoms with Crippen molar-refractivity contribution in [2.24, 2.45) is 0 Å². The van der Waals surface area contributed by atoms with E-state index in [1.807, 2.05) is 78.9 Å². The summed E-state index contributed by atoms with van der Waals surface area (Å²) in [5.74, 6) is 0.805. The zero-order chi connectivity index (χ0) is 21.8. The van der Waals surface area contributed by atoms with Crippen LogP contribution in [0.3, 0.4) is 0 Å². The van der Waals surface area contributed by atoms with Crippen molar-refractivity contribution in [2.75, 3.05) is 23.1 Å². The van der Waals surface area contributed by atoms with E-state index in [-0.39, 0.29) is 17.2 Å². The summed E-state index contributed by atoms with van der Waals surface area (Å²) in [6.07, 6.45) is 0. The van der Waals surface area contributed by atoms with E-state index in [0.29, 0.717) is 17.2 Å². The molecule has 31 heavy (non-hydrogen) atoms. The number of thioether (sulfide) groups is 1. The summed E-state index contributed by atoms with van der Waals surface area (Å²) < 4.78 is 5.31. The highest BCUT2D eigenvalue weighted by molar-refractivity contribution is 8.00. The molecule has 1 aliphatic heterocycles. The molecule has 5 nitrogen and oxygen atoms in total. The van der Waals surface area contributed by atoms with Crippen LogP contribution < -0.4 is 15.0 Å². The van der Waals surface area contributed by atoms with Gasteiger partial charge in [0, 0.05) is 17.4 Å². The third-order valence-electron chi connectivity index (χ3n) is 4.96. The number of halogens is 1. The Labute approximate surface area is 190 Å². The molecule has 1 heterocycles. The highest BCUT2D eigenvalue weighted by Gasteiger charge is 2.34. The van der Waals surface area contributed by atoms with Crippen molar-refractivity contribution >= 4 is 46.6 Å². The molecule has 0 radical (unpaired) electrons. The lowest BCUT2D eigenvalue weighted by atomic mass is 10.1. The number of amides is 2. The summed E-state index contributed by atoms with van der Waals surface area (Å²) in [5, 5.41) is 1.90. The van der Waals surface area contributed by atoms with E-state index in [2.05, 4.69) is 5.32 Å². The summed E-state index contributed by atoms with van der Waals surface area (Å²) in [5.41, 5.74) is 3.06. The fourth-order valence-corrected chi connectivity index (χ4v) is 4.83. The third-order valence-corrected chi connectivity index (χ3v) is 6.62. The van der Waals surface area contributed by atoms with Crippen LogP contribution in [0.5, 0.6) is 5.75 Å². The van der Waals surface area contributed by atoms with E-state index in [1.165, 1.54) is 0 Å². The van der Waals surface area contributed by atoms with Crippen LogP contribution in [-0.4, -0.2) is 24.7 Å². The first kappa shape index (κ1) is 21.3. The second-order valence-electron chi connectivity index (χ2n) is 7.02. The molecule has 1 N–H and O–H groups in total. The van der Waals surface area contributed by atoms with Crippen molar-refractivity contribution in [3.8, 4) is 5.75 Å². The third kappa shape index (κ3) is 4.70. The molecule has 0 unspecified atom stereocenters. The van der Waals surface area contributed by atoms with E-state index in [1.54, 1.807) is 23.8 Å². The predicted octanol–water partition coefficient (Wildman–Crippen LogP) is 5.39. The molecule has 0 bridgehead atoms. The minimum Gasteiger partial charge on any atom is -0.497 e. The van der Waals surface area contributed by atoms with Crippen LogP contribution in [0.25, 0.3) is 0 Å². The minimum atomic E-state index is -0.791. The fraction of sp³-hybridized carbons (Fsp3) is 0.167. The Morgan fingerprint density at radius 1 is 1.10 bits per heavy atom. The molecule has 158 valence electrons. The largest absolute Gasteiger partial charge is 0.497 e. The van der Waals surface area contributed by atoms with Crippen LogP contribution in [0.4, 0.5) is 11.4 Å². The number of hydrogen-bond acceptors (Lipinski definition) is 4. The molecular formula is C24H21ClN2O3S. The van der Waals surface area contributed by atoms with Gasteiger partial charge in [0.25, 0.3) is 0 Å². The van der Waals surface area contributed by atoms with Crippen LogP contribution in [0.2, 0.25) is 0 Å². The number of carbonyl (C=O) groups excluding carboxylic acids is 2. The highest BCUT2D eigenvalue weighted by Crippen LogP contribution is 2.43. The molecule has 7 heteroatoms. The first-order valence-electron chi connectivity index (χ1n) is 9.74. The number of methoxy groups -OCH3 is 1. The number of alkyl halides is 1. The van der Waals surface area contributed by atoms with Gasteiger partial charge in [-0.15, -0.1) is 23.4 Å². The Balaban J connectivity index is 1.55. The Bertz CT molecular complexity index is 1090. The van der Waals surface area contributed by atoms with Crippen molar-refractivity contribution in [3.05, 3.63) is 90.0 Å². The van der Waals surface area contributed by atoms with Gasteiger partial charge in [0.1, 0.15) is 16.5 Å². The molecule has 4 rings (SSSR count). The second-order valence-corrected chi connectivity index (χ2v) is 8.52. The molecule has 0 saturated carbocycles. The van der Waals surface area contributed by atoms with E-state index in [9.17, 15) is 9.59 Å². The normalized spacial score (nSPS) is 16.8. The van der Waals surface area contributed by atoms with Gasteiger partial charge in [-0.2, -0.15) is 0 Å². The van der Waals surface area contributed by atoms with Crippen molar-refractivity contribution in [3.63, 3.8) is 0 Å². The Kier molecular flexibility index (Phi) is 6.49. The molecular weight excluding hydrogens is 432 g/mol. The van der Waals surface area contributed by atoms with Crippen molar-refractivity contribution in [1.29, 1.82) is 0 Å². The van der Waals surface area contributed by atoms with Gasteiger partial charge in [0.05, 0.1) is 12.9 Å². The fourth-order valence-electron chi connectivity index (χ4n) is 3.46. The lowest BCUT2D eigenvalue weighted by Crippen LogP contribution is -2.27. The molecule has 1 fully saturated rings. The number of nitrogens with zero attached hydrogens (tertiary/aromatic N) is 1. The lowest BCUT2D eigenvalue weighted by molar-refractivity contribution is -0.116. The van der Waals surface area contributed by atoms with Crippen LogP contribution in [0.1, 0.15) is 21.9 Å². The predicted molar refractivity (Wildman–Crippen MR) is 126 cm³/mol. The lowest BCUT2D eigenvalue weighted by Gasteiger charge is -2.25. The topological polar surface area (TPSA) is 58.6 Å². The Morgan fingerprint density at radius 3 is 2.65 bits per heavy atom. The smallest absolute Gasteiger partial charge is 0.246 e. The molecule has 3 aromatic carbocycles. The van der Waals surface area contributed by atoms with Crippen molar-refractivity contribution in [2.45, 2.75) is 10.8 Å². The molecule has 1 saturated heterocycles. The monoisotopic (exact) mass is 452 g/mol. The van der Waals surface area contributed by atoms with Crippen LogP contribution in [0.15, 0.2) is 78.9 Å². The van der Waals surface area contributed by atoms with E-state index >= 15 is 0 Å². The van der Waals surface area contributed by atoms with E-state index in [4.69, 9.17) is 16.3 Å². The van der Waals surface area contributed by atoms with Gasteiger partial charge in [-0.05, 0) is 35.4 Å². The quantitative estimate of drug-likeness (QED) is 0.509. The summed E-state index contributed by atoms with van der Waals surface area (Å²) >= 11 is 7.89. The van der Waals surface area contributed by atoms with Gasteiger partial charge in [0.15, 0.2) is 0 Å². The Hall–Kier alpha value is -2.96. The summed E-state index contributed by atoms with van der Waals surface area (Å²) in [6, 6.07) is 24.2. The minimum absolute atomic E-state index is 0.0302. The van der Waals surface area contributed by atoms with Gasteiger partial charge < -0.3 is 10.1 Å². The average molecular weight is 453 g/mol. The molecule has 0 spiro atoms. The number of carbonyl (C=O) groups is 2. The zero-order valence-electron chi connectivity index (χ0n) is 16.8. The van der Waals surface area contributed by atoms with Crippen molar-refractivity contribution in [1.82, 2.24) is 0 Å². The average Bonchev–Trinajstić information content (AvgIpc) is 3.20. The number of anilines is 2. The number of hydrogen-bond donors (Lipinski definition) is 1. The van der Waals surface area contributed by atoms with Gasteiger partial charge in [0.2, 0.25) is 11.8 Å². The molecule has 2 amide bonds. The molecule has 3 aromatic rings. The Morgan fingerprint density at radius 2 is 1.87 bits per heavy atom. The van der Waals surface area contributed by atoms with E-state index < -0.39 is 5.38 Å². The second kappa shape index (κ2) is 9.45. The van der Waals surface area contributed by atoms with Gasteiger partial charge >= 0.3 is 0 Å². The molecule has 1 aliphatic rings. The zero-order valence-corrected chi connectivity index (χ0v) is 18.4. The SMILES string of the molecule is COc1cccc(N2C(=O)CS[C@@H]2c2cccc(NC(=O)[C@H](Cl)c3ccccc3)c2)c1. The van der Waals surface area contributed by atoms with Gasteiger partial charge in [-0.3, -0.25) is 14.5 Å². The maximum atomic E-state index is 12.6. The first-order valence-corrected chi connectivity index (χ1v) is 11.2. The summed E-state index contributed by atoms with van der Waals surface area (Å²) in [6.45, 7) is 0. The molecule has 0 aliphatic carbocycles. The van der Waals surface area contributed by atoms with Gasteiger partial charge in [-0.25, -0.2) is 0 Å². The van der Waals surface area contributed by atoms with Crippen molar-refractivity contribution < 1.29 is 14.3 Å². The molecule has 0 aromatic heterocycles. The van der Waals surface area contributed by atoms with Crippen LogP contribution in [-0.2, 0) is 9.59 Å². The first-order chi connectivity index (χ1) is 15.1. The highest BCUT2D eigenvalue weighted by atomic mass is 35.5. The maximum absolute atomic E-state index is 12.6. The number of nitrogens with one attached hydrogen (secondary N) is 1. The number of rotatable bonds is 6. The van der Waals surface area contributed by atoms with Crippen LogP contribution in [0, 0.1) is 0 Å². The standard InChI is InChI=1S/C24H21ClN2O3S/c1-30-20-12-6-11-19(14-20)27-21(28)15-31-24(27)17-9-5-10-18(13-17)26-23(29)22(25)16-7-3-2-4-8-16/h2-14,22,24H,15H2,1H3,(H,26,29)/t22-,24-/m1/s1. The summed E-state index contributed by atoms with van der Waals surface area (Å²) in [4.78, 5) is 27.0. The number of benzene rings is 3. The molecule has 2 atom stereocenters.